The Hall–Kier alpha value is -2.64. The van der Waals surface area contributed by atoms with Gasteiger partial charge in [-0.2, -0.15) is 0 Å². The molecule has 1 aromatic carbocycles. The van der Waals surface area contributed by atoms with Crippen LogP contribution >= 0.6 is 11.6 Å². The Morgan fingerprint density at radius 1 is 1.29 bits per heavy atom. The smallest absolute Gasteiger partial charge is 0.484 e. The van der Waals surface area contributed by atoms with Gasteiger partial charge in [0.05, 0.1) is 17.2 Å². The van der Waals surface area contributed by atoms with Crippen LogP contribution in [0.25, 0.3) is 0 Å². The number of carbonyl (C=O) groups excluding carboxylic acids is 1. The van der Waals surface area contributed by atoms with E-state index in [1.807, 2.05) is 0 Å². The van der Waals surface area contributed by atoms with Crippen LogP contribution in [0.5, 0.6) is 5.75 Å². The highest BCUT2D eigenvalue weighted by Gasteiger charge is 2.38. The number of alkyl halides is 3. The zero-order chi connectivity index (χ0) is 24.3. The van der Waals surface area contributed by atoms with Gasteiger partial charge in [0.25, 0.3) is 5.91 Å². The second-order valence-electron chi connectivity index (χ2n) is 8.01. The summed E-state index contributed by atoms with van der Waals surface area (Å²) >= 11 is 5.61. The fraction of sp³-hybridized carbons (Fsp3) is 0.550. The number of anilines is 1. The molecule has 34 heavy (non-hydrogen) atoms. The first kappa shape index (κ1) is 24.5. The van der Waals surface area contributed by atoms with Gasteiger partial charge in [0.2, 0.25) is 5.89 Å². The highest BCUT2D eigenvalue weighted by molar-refractivity contribution is 6.30. The molecular weight excluding hydrogens is 486 g/mol. The summed E-state index contributed by atoms with van der Waals surface area (Å²) in [5, 5.41) is 14.0. The highest BCUT2D eigenvalue weighted by atomic mass is 35.5. The first-order valence-electron chi connectivity index (χ1n) is 10.6. The summed E-state index contributed by atoms with van der Waals surface area (Å²) in [5.74, 6) is -0.468. The topological polar surface area (TPSA) is 102 Å². The molecule has 1 aromatic heterocycles. The van der Waals surface area contributed by atoms with Crippen molar-refractivity contribution < 1.29 is 36.2 Å². The lowest BCUT2D eigenvalue weighted by Crippen LogP contribution is -2.48. The average molecular weight is 508 g/mol. The Bertz CT molecular complexity index is 1000. The third kappa shape index (κ3) is 6.48. The van der Waals surface area contributed by atoms with Crippen molar-refractivity contribution in [3.05, 3.63) is 34.9 Å². The molecule has 1 amide bonds. The standard InChI is InChI=1S/C20H22ClF4N5O4/c21-14-3-2-12(7-15(14)22)32-10-17(31)27-11-1-4-16(26-8-11)18-28-29-19(33-18)30-6-5-13(9-30)34-20(23,24)25/h2-3,7,11,13,16,26H,1,4-6,8-10H2,(H,27,31)/t11-,13-,16+/m0/s1. The molecule has 3 heterocycles. The van der Waals surface area contributed by atoms with E-state index in [0.717, 1.165) is 6.07 Å². The highest BCUT2D eigenvalue weighted by Crippen LogP contribution is 2.29. The van der Waals surface area contributed by atoms with Gasteiger partial charge in [-0.3, -0.25) is 9.53 Å². The van der Waals surface area contributed by atoms with Crippen molar-refractivity contribution in [1.82, 2.24) is 20.8 Å². The third-order valence-corrected chi connectivity index (χ3v) is 5.79. The van der Waals surface area contributed by atoms with E-state index in [1.165, 1.54) is 12.1 Å². The minimum atomic E-state index is -4.68. The number of rotatable bonds is 7. The Morgan fingerprint density at radius 2 is 2.12 bits per heavy atom. The van der Waals surface area contributed by atoms with Gasteiger partial charge in [-0.25, -0.2) is 4.39 Å². The van der Waals surface area contributed by atoms with E-state index >= 15 is 0 Å². The summed E-state index contributed by atoms with van der Waals surface area (Å²) in [7, 11) is 0. The number of amides is 1. The number of nitrogens with zero attached hydrogens (tertiary/aromatic N) is 3. The summed E-state index contributed by atoms with van der Waals surface area (Å²) < 4.78 is 65.6. The van der Waals surface area contributed by atoms with Crippen LogP contribution in [0.15, 0.2) is 22.6 Å². The largest absolute Gasteiger partial charge is 0.522 e. The summed E-state index contributed by atoms with van der Waals surface area (Å²) in [4.78, 5) is 13.7. The van der Waals surface area contributed by atoms with Crippen LogP contribution < -0.4 is 20.3 Å². The first-order valence-corrected chi connectivity index (χ1v) is 11.0. The molecule has 0 spiro atoms. The fourth-order valence-corrected chi connectivity index (χ4v) is 3.98. The second kappa shape index (κ2) is 10.3. The zero-order valence-corrected chi connectivity index (χ0v) is 18.5. The third-order valence-electron chi connectivity index (χ3n) is 5.48. The van der Waals surface area contributed by atoms with E-state index in [0.29, 0.717) is 31.8 Å². The molecule has 186 valence electrons. The van der Waals surface area contributed by atoms with Crippen LogP contribution in [0, 0.1) is 5.82 Å². The average Bonchev–Trinajstić information content (AvgIpc) is 3.44. The Morgan fingerprint density at radius 3 is 2.82 bits per heavy atom. The first-order chi connectivity index (χ1) is 16.2. The molecule has 3 atom stereocenters. The lowest BCUT2D eigenvalue weighted by Gasteiger charge is -2.28. The number of carbonyl (C=O) groups is 1. The summed E-state index contributed by atoms with van der Waals surface area (Å²) in [5.41, 5.74) is 0. The summed E-state index contributed by atoms with van der Waals surface area (Å²) in [6.07, 6.45) is -4.23. The second-order valence-corrected chi connectivity index (χ2v) is 8.42. The van der Waals surface area contributed by atoms with E-state index in [4.69, 9.17) is 20.8 Å². The number of hydrogen-bond acceptors (Lipinski definition) is 8. The van der Waals surface area contributed by atoms with Crippen LogP contribution in [-0.4, -0.2) is 60.9 Å². The number of piperidine rings is 1. The molecule has 9 nitrogen and oxygen atoms in total. The number of halogens is 5. The predicted octanol–water partition coefficient (Wildman–Crippen LogP) is 2.97. The van der Waals surface area contributed by atoms with Gasteiger partial charge in [-0.05, 0) is 31.4 Å². The lowest BCUT2D eigenvalue weighted by atomic mass is 10.0. The number of aromatic nitrogens is 2. The molecule has 2 saturated heterocycles. The molecule has 2 aromatic rings. The monoisotopic (exact) mass is 507 g/mol. The van der Waals surface area contributed by atoms with Gasteiger partial charge < -0.3 is 24.7 Å². The Balaban J connectivity index is 1.20. The molecule has 0 aliphatic carbocycles. The Labute approximate surface area is 196 Å². The molecule has 14 heteroatoms. The quantitative estimate of drug-likeness (QED) is 0.552. The minimum absolute atomic E-state index is 0.0120. The van der Waals surface area contributed by atoms with E-state index in [2.05, 4.69) is 25.6 Å². The van der Waals surface area contributed by atoms with Gasteiger partial charge in [-0.15, -0.1) is 18.3 Å². The normalized spacial score (nSPS) is 23.2. The number of benzene rings is 1. The maximum atomic E-state index is 13.4. The molecule has 0 bridgehead atoms. The number of nitrogens with one attached hydrogen (secondary N) is 2. The number of hydrogen-bond donors (Lipinski definition) is 2. The van der Waals surface area contributed by atoms with Crippen molar-refractivity contribution in [2.45, 2.75) is 43.8 Å². The SMILES string of the molecule is O=C(COc1ccc(Cl)c(F)c1)N[C@H]1CC[C@H](c2nnc(N3CC[C@H](OC(F)(F)F)C3)o2)NC1. The fourth-order valence-electron chi connectivity index (χ4n) is 3.86. The minimum Gasteiger partial charge on any atom is -0.484 e. The maximum Gasteiger partial charge on any atom is 0.522 e. The van der Waals surface area contributed by atoms with Crippen LogP contribution in [0.3, 0.4) is 0 Å². The van der Waals surface area contributed by atoms with E-state index < -0.39 is 18.3 Å². The Kier molecular flexibility index (Phi) is 7.43. The van der Waals surface area contributed by atoms with Crippen LogP contribution in [0.4, 0.5) is 23.6 Å². The molecular formula is C20H22ClF4N5O4. The maximum absolute atomic E-state index is 13.4. The molecule has 2 N–H and O–H groups in total. The van der Waals surface area contributed by atoms with Crippen molar-refractivity contribution in [3.63, 3.8) is 0 Å². The summed E-state index contributed by atoms with van der Waals surface area (Å²) in [6.45, 7) is 0.495. The van der Waals surface area contributed by atoms with E-state index in [9.17, 15) is 22.4 Å². The summed E-state index contributed by atoms with van der Waals surface area (Å²) in [6, 6.07) is 3.67. The van der Waals surface area contributed by atoms with Gasteiger partial charge in [0, 0.05) is 31.7 Å². The van der Waals surface area contributed by atoms with Crippen LogP contribution in [0.2, 0.25) is 5.02 Å². The van der Waals surface area contributed by atoms with Gasteiger partial charge in [0.15, 0.2) is 6.61 Å². The molecule has 0 saturated carbocycles. The molecule has 2 aliphatic heterocycles. The van der Waals surface area contributed by atoms with Crippen molar-refractivity contribution >= 4 is 23.5 Å². The van der Waals surface area contributed by atoms with Crippen molar-refractivity contribution in [1.29, 1.82) is 0 Å². The van der Waals surface area contributed by atoms with Crippen molar-refractivity contribution in [3.8, 4) is 5.75 Å². The van der Waals surface area contributed by atoms with Crippen molar-refractivity contribution in [2.24, 2.45) is 0 Å². The van der Waals surface area contributed by atoms with Crippen molar-refractivity contribution in [2.75, 3.05) is 31.1 Å². The van der Waals surface area contributed by atoms with Gasteiger partial charge in [0.1, 0.15) is 11.6 Å². The van der Waals surface area contributed by atoms with Gasteiger partial charge >= 0.3 is 12.4 Å². The molecule has 2 aliphatic rings. The van der Waals surface area contributed by atoms with Crippen LogP contribution in [-0.2, 0) is 9.53 Å². The van der Waals surface area contributed by atoms with E-state index in [1.54, 1.807) is 4.90 Å². The van der Waals surface area contributed by atoms with Gasteiger partial charge in [-0.1, -0.05) is 16.7 Å². The zero-order valence-electron chi connectivity index (χ0n) is 17.8. The van der Waals surface area contributed by atoms with E-state index in [-0.39, 0.29) is 54.4 Å². The number of ether oxygens (including phenoxy) is 2. The van der Waals surface area contributed by atoms with Crippen LogP contribution in [0.1, 0.15) is 31.2 Å². The lowest BCUT2D eigenvalue weighted by molar-refractivity contribution is -0.339. The molecule has 0 radical (unpaired) electrons. The molecule has 0 unspecified atom stereocenters. The predicted molar refractivity (Wildman–Crippen MR) is 111 cm³/mol. The molecule has 2 fully saturated rings. The molecule has 4 rings (SSSR count).